The molecule has 3 heterocycles. The Morgan fingerprint density at radius 2 is 1.78 bits per heavy atom. The van der Waals surface area contributed by atoms with Crippen LogP contribution in [-0.2, 0) is 5.41 Å². The van der Waals surface area contributed by atoms with Gasteiger partial charge in [0.15, 0.2) is 5.82 Å². The SMILES string of the molecule is CC(C)(C)c1nnc2c(N3CCN(C4CCC4)CC3)nccn12. The molecule has 1 aliphatic heterocycles. The van der Waals surface area contributed by atoms with Crippen LogP contribution in [0.2, 0.25) is 0 Å². The summed E-state index contributed by atoms with van der Waals surface area (Å²) in [6, 6.07) is 0.835. The molecule has 0 bridgehead atoms. The molecule has 0 N–H and O–H groups in total. The van der Waals surface area contributed by atoms with E-state index in [2.05, 4.69) is 50.2 Å². The van der Waals surface area contributed by atoms with Crippen LogP contribution in [0, 0.1) is 0 Å². The third kappa shape index (κ3) is 2.59. The van der Waals surface area contributed by atoms with Crippen LogP contribution in [0.25, 0.3) is 5.65 Å². The first-order valence-electron chi connectivity index (χ1n) is 8.73. The first-order valence-corrected chi connectivity index (χ1v) is 8.73. The molecule has 0 amide bonds. The molecule has 1 saturated carbocycles. The molecule has 6 heteroatoms. The molecule has 0 radical (unpaired) electrons. The molecule has 6 nitrogen and oxygen atoms in total. The number of hydrogen-bond donors (Lipinski definition) is 0. The first kappa shape index (κ1) is 14.9. The van der Waals surface area contributed by atoms with Crippen LogP contribution >= 0.6 is 0 Å². The summed E-state index contributed by atoms with van der Waals surface area (Å²) < 4.78 is 2.10. The quantitative estimate of drug-likeness (QED) is 0.849. The number of hydrogen-bond acceptors (Lipinski definition) is 5. The Balaban J connectivity index is 1.59. The lowest BCUT2D eigenvalue weighted by Crippen LogP contribution is -2.52. The summed E-state index contributed by atoms with van der Waals surface area (Å²) in [6.45, 7) is 10.8. The minimum atomic E-state index is -0.0268. The Labute approximate surface area is 137 Å². The minimum Gasteiger partial charge on any atom is -0.351 e. The number of anilines is 1. The second kappa shape index (κ2) is 5.44. The van der Waals surface area contributed by atoms with Crippen molar-refractivity contribution >= 4 is 11.5 Å². The molecule has 4 rings (SSSR count). The van der Waals surface area contributed by atoms with Crippen molar-refractivity contribution in [2.75, 3.05) is 31.1 Å². The van der Waals surface area contributed by atoms with Gasteiger partial charge in [0, 0.05) is 50.0 Å². The Morgan fingerprint density at radius 1 is 1.04 bits per heavy atom. The van der Waals surface area contributed by atoms with Crippen LogP contribution in [0.1, 0.15) is 45.9 Å². The molecule has 1 aliphatic carbocycles. The highest BCUT2D eigenvalue weighted by atomic mass is 15.3. The van der Waals surface area contributed by atoms with E-state index in [9.17, 15) is 0 Å². The predicted octanol–water partition coefficient (Wildman–Crippen LogP) is 2.10. The summed E-state index contributed by atoms with van der Waals surface area (Å²) in [5.41, 5.74) is 0.857. The van der Waals surface area contributed by atoms with E-state index in [4.69, 9.17) is 0 Å². The van der Waals surface area contributed by atoms with Gasteiger partial charge in [-0.05, 0) is 12.8 Å². The largest absolute Gasteiger partial charge is 0.351 e. The molecule has 0 aromatic carbocycles. The maximum Gasteiger partial charge on any atom is 0.203 e. The number of rotatable bonds is 2. The average Bonchev–Trinajstić information content (AvgIpc) is 2.90. The van der Waals surface area contributed by atoms with Crippen molar-refractivity contribution in [3.8, 4) is 0 Å². The van der Waals surface area contributed by atoms with E-state index < -0.39 is 0 Å². The van der Waals surface area contributed by atoms with E-state index in [1.807, 2.05) is 12.4 Å². The smallest absolute Gasteiger partial charge is 0.203 e. The Morgan fingerprint density at radius 3 is 2.39 bits per heavy atom. The lowest BCUT2D eigenvalue weighted by molar-refractivity contribution is 0.120. The van der Waals surface area contributed by atoms with Gasteiger partial charge in [-0.25, -0.2) is 4.98 Å². The molecular formula is C17H26N6. The second-order valence-electron chi connectivity index (χ2n) is 7.83. The number of fused-ring (bicyclic) bond motifs is 1. The van der Waals surface area contributed by atoms with Crippen LogP contribution in [-0.4, -0.2) is 56.7 Å². The van der Waals surface area contributed by atoms with Gasteiger partial charge in [0.05, 0.1) is 0 Å². The number of nitrogens with zero attached hydrogens (tertiary/aromatic N) is 6. The molecule has 0 atom stereocenters. The van der Waals surface area contributed by atoms with Gasteiger partial charge in [-0.3, -0.25) is 9.30 Å². The van der Waals surface area contributed by atoms with Crippen molar-refractivity contribution in [1.29, 1.82) is 0 Å². The summed E-state index contributed by atoms with van der Waals surface area (Å²) in [4.78, 5) is 9.62. The summed E-state index contributed by atoms with van der Waals surface area (Å²) in [6.07, 6.45) is 8.02. The third-order valence-electron chi connectivity index (χ3n) is 5.18. The van der Waals surface area contributed by atoms with Crippen molar-refractivity contribution < 1.29 is 0 Å². The Bertz CT molecular complexity index is 689. The Hall–Kier alpha value is -1.69. The lowest BCUT2D eigenvalue weighted by atomic mass is 9.91. The fraction of sp³-hybridized carbons (Fsp3) is 0.706. The van der Waals surface area contributed by atoms with Gasteiger partial charge in [0.1, 0.15) is 5.82 Å². The topological polar surface area (TPSA) is 49.6 Å². The van der Waals surface area contributed by atoms with Crippen molar-refractivity contribution in [1.82, 2.24) is 24.5 Å². The molecule has 2 aromatic heterocycles. The van der Waals surface area contributed by atoms with E-state index >= 15 is 0 Å². The predicted molar refractivity (Wildman–Crippen MR) is 90.9 cm³/mol. The summed E-state index contributed by atoms with van der Waals surface area (Å²) in [7, 11) is 0. The van der Waals surface area contributed by atoms with Gasteiger partial charge >= 0.3 is 0 Å². The molecule has 2 aromatic rings. The zero-order chi connectivity index (χ0) is 16.0. The highest BCUT2D eigenvalue weighted by Crippen LogP contribution is 2.28. The minimum absolute atomic E-state index is 0.0268. The molecule has 0 unspecified atom stereocenters. The van der Waals surface area contributed by atoms with Crippen LogP contribution < -0.4 is 4.90 Å². The zero-order valence-corrected chi connectivity index (χ0v) is 14.4. The lowest BCUT2D eigenvalue weighted by Gasteiger charge is -2.43. The molecule has 1 saturated heterocycles. The van der Waals surface area contributed by atoms with E-state index in [1.54, 1.807) is 0 Å². The Kier molecular flexibility index (Phi) is 3.52. The van der Waals surface area contributed by atoms with E-state index in [-0.39, 0.29) is 5.41 Å². The molecule has 0 spiro atoms. The van der Waals surface area contributed by atoms with Crippen molar-refractivity contribution in [2.24, 2.45) is 0 Å². The molecular weight excluding hydrogens is 288 g/mol. The van der Waals surface area contributed by atoms with Gasteiger partial charge < -0.3 is 4.90 Å². The van der Waals surface area contributed by atoms with Crippen molar-refractivity contribution in [3.63, 3.8) is 0 Å². The monoisotopic (exact) mass is 314 g/mol. The van der Waals surface area contributed by atoms with Gasteiger partial charge in [-0.15, -0.1) is 10.2 Å². The maximum absolute atomic E-state index is 4.61. The van der Waals surface area contributed by atoms with Gasteiger partial charge in [-0.1, -0.05) is 27.2 Å². The normalized spacial score (nSPS) is 20.9. The molecule has 2 aliphatic rings. The van der Waals surface area contributed by atoms with Gasteiger partial charge in [0.25, 0.3) is 0 Å². The van der Waals surface area contributed by atoms with Crippen LogP contribution in [0.3, 0.4) is 0 Å². The van der Waals surface area contributed by atoms with E-state index in [0.29, 0.717) is 0 Å². The summed E-state index contributed by atoms with van der Waals surface area (Å²) in [5, 5.41) is 8.86. The average molecular weight is 314 g/mol. The number of piperazine rings is 1. The molecule has 23 heavy (non-hydrogen) atoms. The van der Waals surface area contributed by atoms with Gasteiger partial charge in [0.2, 0.25) is 5.65 Å². The number of aromatic nitrogens is 4. The molecule has 124 valence electrons. The maximum atomic E-state index is 4.61. The second-order valence-corrected chi connectivity index (χ2v) is 7.83. The highest BCUT2D eigenvalue weighted by Gasteiger charge is 2.29. The van der Waals surface area contributed by atoms with Gasteiger partial charge in [-0.2, -0.15) is 0 Å². The van der Waals surface area contributed by atoms with Crippen LogP contribution in [0.4, 0.5) is 5.82 Å². The molecule has 2 fully saturated rings. The highest BCUT2D eigenvalue weighted by molar-refractivity contribution is 5.64. The van der Waals surface area contributed by atoms with Crippen LogP contribution in [0.15, 0.2) is 12.4 Å². The van der Waals surface area contributed by atoms with E-state index in [1.165, 1.54) is 19.3 Å². The fourth-order valence-electron chi connectivity index (χ4n) is 3.60. The first-order chi connectivity index (χ1) is 11.0. The standard InChI is InChI=1S/C17H26N6/c1-17(2,3)16-20-19-15-14(18-7-8-23(15)16)22-11-9-21(10-12-22)13-5-4-6-13/h7-8,13H,4-6,9-12H2,1-3H3. The van der Waals surface area contributed by atoms with E-state index in [0.717, 1.165) is 49.5 Å². The third-order valence-corrected chi connectivity index (χ3v) is 5.18. The van der Waals surface area contributed by atoms with Crippen molar-refractivity contribution in [2.45, 2.75) is 51.5 Å². The zero-order valence-electron chi connectivity index (χ0n) is 14.4. The fourth-order valence-corrected chi connectivity index (χ4v) is 3.60. The van der Waals surface area contributed by atoms with Crippen LogP contribution in [0.5, 0.6) is 0 Å². The van der Waals surface area contributed by atoms with Crippen molar-refractivity contribution in [3.05, 3.63) is 18.2 Å². The summed E-state index contributed by atoms with van der Waals surface area (Å²) >= 11 is 0. The summed E-state index contributed by atoms with van der Waals surface area (Å²) in [5.74, 6) is 1.97.